The number of rotatable bonds is 6. The second-order valence-electron chi connectivity index (χ2n) is 4.69. The molecule has 0 saturated heterocycles. The SMILES string of the molecule is CCN(CCC(O)c1ccc(Br)cc1Cl)C(C)C. The molecule has 0 fully saturated rings. The van der Waals surface area contributed by atoms with Crippen molar-refractivity contribution in [2.75, 3.05) is 13.1 Å². The summed E-state index contributed by atoms with van der Waals surface area (Å²) in [6.45, 7) is 8.35. The molecule has 0 aromatic heterocycles. The summed E-state index contributed by atoms with van der Waals surface area (Å²) in [6.07, 6.45) is 0.200. The van der Waals surface area contributed by atoms with Gasteiger partial charge in [-0.05, 0) is 44.5 Å². The molecule has 0 radical (unpaired) electrons. The minimum Gasteiger partial charge on any atom is -0.388 e. The van der Waals surface area contributed by atoms with Crippen molar-refractivity contribution in [2.24, 2.45) is 0 Å². The number of halogens is 2. The van der Waals surface area contributed by atoms with Gasteiger partial charge in [0.15, 0.2) is 0 Å². The predicted octanol–water partition coefficient (Wildman–Crippen LogP) is 4.26. The Balaban J connectivity index is 2.62. The molecule has 102 valence electrons. The zero-order valence-corrected chi connectivity index (χ0v) is 13.5. The van der Waals surface area contributed by atoms with Crippen LogP contribution in [0.2, 0.25) is 5.02 Å². The van der Waals surface area contributed by atoms with Gasteiger partial charge < -0.3 is 10.0 Å². The smallest absolute Gasteiger partial charge is 0.0816 e. The predicted molar refractivity (Wildman–Crippen MR) is 81.1 cm³/mol. The third-order valence-corrected chi connectivity index (χ3v) is 3.97. The van der Waals surface area contributed by atoms with Gasteiger partial charge in [-0.25, -0.2) is 0 Å². The maximum absolute atomic E-state index is 10.2. The Kier molecular flexibility index (Phi) is 6.64. The Morgan fingerprint density at radius 3 is 2.56 bits per heavy atom. The Bertz CT molecular complexity index is 384. The first-order chi connectivity index (χ1) is 8.45. The van der Waals surface area contributed by atoms with E-state index >= 15 is 0 Å². The van der Waals surface area contributed by atoms with Crippen LogP contribution >= 0.6 is 27.5 Å². The van der Waals surface area contributed by atoms with E-state index in [0.717, 1.165) is 23.1 Å². The molecule has 0 amide bonds. The van der Waals surface area contributed by atoms with E-state index in [4.69, 9.17) is 11.6 Å². The Morgan fingerprint density at radius 1 is 1.39 bits per heavy atom. The molecule has 0 aliphatic heterocycles. The number of aliphatic hydroxyl groups excluding tert-OH is 1. The van der Waals surface area contributed by atoms with E-state index in [1.807, 2.05) is 18.2 Å². The monoisotopic (exact) mass is 333 g/mol. The fraction of sp³-hybridized carbons (Fsp3) is 0.571. The van der Waals surface area contributed by atoms with Crippen molar-refractivity contribution in [3.8, 4) is 0 Å². The maximum atomic E-state index is 10.2. The van der Waals surface area contributed by atoms with Crippen LogP contribution in [-0.4, -0.2) is 29.1 Å². The second kappa shape index (κ2) is 7.49. The van der Waals surface area contributed by atoms with E-state index in [1.165, 1.54) is 0 Å². The molecule has 0 bridgehead atoms. The van der Waals surface area contributed by atoms with Gasteiger partial charge in [0.1, 0.15) is 0 Å². The highest BCUT2D eigenvalue weighted by Gasteiger charge is 2.14. The van der Waals surface area contributed by atoms with Crippen molar-refractivity contribution in [2.45, 2.75) is 39.3 Å². The standard InChI is InChI=1S/C14H21BrClNO/c1-4-17(10(2)3)8-7-14(18)12-6-5-11(15)9-13(12)16/h5-6,9-10,14,18H,4,7-8H2,1-3H3. The largest absolute Gasteiger partial charge is 0.388 e. The van der Waals surface area contributed by atoms with Gasteiger partial charge in [-0.1, -0.05) is 40.5 Å². The molecular weight excluding hydrogens is 314 g/mol. The van der Waals surface area contributed by atoms with E-state index in [0.29, 0.717) is 17.5 Å². The molecule has 1 aromatic carbocycles. The van der Waals surface area contributed by atoms with Crippen molar-refractivity contribution < 1.29 is 5.11 Å². The van der Waals surface area contributed by atoms with Crippen molar-refractivity contribution >= 4 is 27.5 Å². The van der Waals surface area contributed by atoms with Crippen LogP contribution in [0.1, 0.15) is 38.9 Å². The summed E-state index contributed by atoms with van der Waals surface area (Å²) in [4.78, 5) is 2.33. The minimum atomic E-state index is -0.501. The summed E-state index contributed by atoms with van der Waals surface area (Å²) < 4.78 is 0.931. The molecule has 0 heterocycles. The molecule has 2 nitrogen and oxygen atoms in total. The molecular formula is C14H21BrClNO. The highest BCUT2D eigenvalue weighted by molar-refractivity contribution is 9.10. The van der Waals surface area contributed by atoms with Gasteiger partial charge in [0.05, 0.1) is 6.10 Å². The van der Waals surface area contributed by atoms with E-state index in [1.54, 1.807) is 0 Å². The molecule has 1 aromatic rings. The third-order valence-electron chi connectivity index (χ3n) is 3.15. The van der Waals surface area contributed by atoms with Crippen molar-refractivity contribution in [1.82, 2.24) is 4.90 Å². The number of aliphatic hydroxyl groups is 1. The Labute approximate surface area is 123 Å². The van der Waals surface area contributed by atoms with Gasteiger partial charge in [-0.3, -0.25) is 0 Å². The number of hydrogen-bond acceptors (Lipinski definition) is 2. The quantitative estimate of drug-likeness (QED) is 0.840. The molecule has 0 aliphatic rings. The molecule has 1 N–H and O–H groups in total. The maximum Gasteiger partial charge on any atom is 0.0816 e. The average Bonchev–Trinajstić information content (AvgIpc) is 2.28. The summed E-state index contributed by atoms with van der Waals surface area (Å²) in [5.41, 5.74) is 0.805. The summed E-state index contributed by atoms with van der Waals surface area (Å²) in [5, 5.41) is 10.8. The fourth-order valence-electron chi connectivity index (χ4n) is 2.00. The average molecular weight is 335 g/mol. The lowest BCUT2D eigenvalue weighted by molar-refractivity contribution is 0.133. The normalized spacial score (nSPS) is 13.3. The molecule has 0 spiro atoms. The summed E-state index contributed by atoms with van der Waals surface area (Å²) in [6, 6.07) is 6.11. The van der Waals surface area contributed by atoms with E-state index in [-0.39, 0.29) is 0 Å². The lowest BCUT2D eigenvalue weighted by Crippen LogP contribution is -2.32. The van der Waals surface area contributed by atoms with Crippen LogP contribution in [-0.2, 0) is 0 Å². The molecule has 0 aliphatic carbocycles. The number of hydrogen-bond donors (Lipinski definition) is 1. The second-order valence-corrected chi connectivity index (χ2v) is 6.02. The molecule has 18 heavy (non-hydrogen) atoms. The summed E-state index contributed by atoms with van der Waals surface area (Å²) in [7, 11) is 0. The van der Waals surface area contributed by atoms with Gasteiger partial charge in [0.2, 0.25) is 0 Å². The third kappa shape index (κ3) is 4.54. The number of benzene rings is 1. The van der Waals surface area contributed by atoms with E-state index in [2.05, 4.69) is 41.6 Å². The summed E-state index contributed by atoms with van der Waals surface area (Å²) >= 11 is 9.50. The molecule has 4 heteroatoms. The van der Waals surface area contributed by atoms with Gasteiger partial charge in [0.25, 0.3) is 0 Å². The van der Waals surface area contributed by atoms with Crippen LogP contribution in [0.4, 0.5) is 0 Å². The molecule has 0 saturated carbocycles. The van der Waals surface area contributed by atoms with Crippen LogP contribution in [0.3, 0.4) is 0 Å². The van der Waals surface area contributed by atoms with E-state index < -0.39 is 6.10 Å². The van der Waals surface area contributed by atoms with Crippen LogP contribution in [0.25, 0.3) is 0 Å². The molecule has 1 unspecified atom stereocenters. The number of nitrogens with zero attached hydrogens (tertiary/aromatic N) is 1. The minimum absolute atomic E-state index is 0.501. The van der Waals surface area contributed by atoms with Gasteiger partial charge >= 0.3 is 0 Å². The van der Waals surface area contributed by atoms with E-state index in [9.17, 15) is 5.11 Å². The zero-order chi connectivity index (χ0) is 13.7. The molecule has 1 rings (SSSR count). The Morgan fingerprint density at radius 2 is 2.06 bits per heavy atom. The first-order valence-corrected chi connectivity index (χ1v) is 7.49. The molecule has 1 atom stereocenters. The van der Waals surface area contributed by atoms with Gasteiger partial charge in [0, 0.05) is 22.1 Å². The fourth-order valence-corrected chi connectivity index (χ4v) is 2.80. The summed E-state index contributed by atoms with van der Waals surface area (Å²) in [5.74, 6) is 0. The van der Waals surface area contributed by atoms with Crippen LogP contribution in [0, 0.1) is 0 Å². The lowest BCUT2D eigenvalue weighted by Gasteiger charge is -2.26. The first-order valence-electron chi connectivity index (χ1n) is 6.32. The lowest BCUT2D eigenvalue weighted by atomic mass is 10.1. The highest BCUT2D eigenvalue weighted by Crippen LogP contribution is 2.28. The van der Waals surface area contributed by atoms with Crippen molar-refractivity contribution in [3.63, 3.8) is 0 Å². The zero-order valence-electron chi connectivity index (χ0n) is 11.2. The Hall–Kier alpha value is -0.0900. The highest BCUT2D eigenvalue weighted by atomic mass is 79.9. The van der Waals surface area contributed by atoms with Crippen LogP contribution < -0.4 is 0 Å². The van der Waals surface area contributed by atoms with Crippen molar-refractivity contribution in [1.29, 1.82) is 0 Å². The van der Waals surface area contributed by atoms with Gasteiger partial charge in [-0.2, -0.15) is 0 Å². The van der Waals surface area contributed by atoms with Crippen LogP contribution in [0.5, 0.6) is 0 Å². The first kappa shape index (κ1) is 16.0. The van der Waals surface area contributed by atoms with Crippen molar-refractivity contribution in [3.05, 3.63) is 33.3 Å². The topological polar surface area (TPSA) is 23.5 Å². The van der Waals surface area contributed by atoms with Gasteiger partial charge in [-0.15, -0.1) is 0 Å². The van der Waals surface area contributed by atoms with Crippen LogP contribution in [0.15, 0.2) is 22.7 Å².